The number of amides is 1. The van der Waals surface area contributed by atoms with E-state index in [1.807, 2.05) is 80.6 Å². The van der Waals surface area contributed by atoms with E-state index >= 15 is 0 Å². The molecule has 0 aliphatic rings. The first-order chi connectivity index (χ1) is 22.4. The van der Waals surface area contributed by atoms with E-state index in [-0.39, 0.29) is 23.5 Å². The fraction of sp³-hybridized carbons (Fsp3) is 0.282. The summed E-state index contributed by atoms with van der Waals surface area (Å²) in [5.41, 5.74) is 5.99. The molecule has 46 heavy (non-hydrogen) atoms. The molecule has 1 atom stereocenters. The maximum Gasteiger partial charge on any atom is 0.251 e. The summed E-state index contributed by atoms with van der Waals surface area (Å²) in [5.74, 6) is -0.167. The van der Waals surface area contributed by atoms with Crippen molar-refractivity contribution in [1.29, 1.82) is 0 Å². The minimum absolute atomic E-state index is 0.0622. The molecule has 1 N–H and O–H groups in total. The summed E-state index contributed by atoms with van der Waals surface area (Å²) in [6.45, 7) is 10.4. The summed E-state index contributed by atoms with van der Waals surface area (Å²) in [5, 5.41) is 3.82. The molecule has 1 heterocycles. The van der Waals surface area contributed by atoms with Gasteiger partial charge in [0, 0.05) is 53.3 Å². The van der Waals surface area contributed by atoms with Gasteiger partial charge in [0.15, 0.2) is 5.78 Å². The summed E-state index contributed by atoms with van der Waals surface area (Å²) in [4.78, 5) is 29.1. The van der Waals surface area contributed by atoms with Crippen LogP contribution in [0.3, 0.4) is 0 Å². The van der Waals surface area contributed by atoms with Crippen LogP contribution in [0.4, 0.5) is 10.1 Å². The number of fused-ring (bicyclic) bond motifs is 1. The van der Waals surface area contributed by atoms with Crippen molar-refractivity contribution in [2.45, 2.75) is 53.2 Å². The zero-order valence-electron chi connectivity index (χ0n) is 26.9. The lowest BCUT2D eigenvalue weighted by Gasteiger charge is -2.24. The van der Waals surface area contributed by atoms with E-state index in [2.05, 4.69) is 24.1 Å². The average Bonchev–Trinajstić information content (AvgIpc) is 3.47. The van der Waals surface area contributed by atoms with Crippen molar-refractivity contribution in [3.63, 3.8) is 0 Å². The van der Waals surface area contributed by atoms with Crippen LogP contribution in [-0.2, 0) is 11.3 Å². The Kier molecular flexibility index (Phi) is 10.7. The number of nitrogens with zero attached hydrogens (tertiary/aromatic N) is 1. The lowest BCUT2D eigenvalue weighted by Crippen LogP contribution is -2.37. The predicted octanol–water partition coefficient (Wildman–Crippen LogP) is 9.07. The van der Waals surface area contributed by atoms with E-state index in [0.29, 0.717) is 53.1 Å². The van der Waals surface area contributed by atoms with Crippen LogP contribution < -0.4 is 10.2 Å². The topological polar surface area (TPSA) is 71.8 Å². The minimum atomic E-state index is -0.358. The molecule has 1 aromatic heterocycles. The third kappa shape index (κ3) is 7.21. The Hall–Kier alpha value is -4.75. The average molecular weight is 621 g/mol. The first-order valence-corrected chi connectivity index (χ1v) is 16.0. The van der Waals surface area contributed by atoms with Crippen LogP contribution in [0.1, 0.15) is 66.8 Å². The lowest BCUT2D eigenvalue weighted by molar-refractivity contribution is 0.0792. The Balaban J connectivity index is 1.51. The largest absolute Gasteiger partial charge is 0.455 e. The fourth-order valence-electron chi connectivity index (χ4n) is 5.70. The van der Waals surface area contributed by atoms with Crippen LogP contribution in [0.2, 0.25) is 0 Å². The molecule has 5 rings (SSSR count). The van der Waals surface area contributed by atoms with Gasteiger partial charge in [-0.1, -0.05) is 56.3 Å². The summed E-state index contributed by atoms with van der Waals surface area (Å²) < 4.78 is 26.0. The van der Waals surface area contributed by atoms with E-state index in [0.717, 1.165) is 41.9 Å². The molecule has 5 aromatic rings. The second-order valence-electron chi connectivity index (χ2n) is 11.3. The zero-order chi connectivity index (χ0) is 32.6. The molecule has 0 aliphatic heterocycles. The highest BCUT2D eigenvalue weighted by atomic mass is 19.1. The molecular formula is C39H41FN2O4. The molecule has 6 nitrogen and oxygen atoms in total. The van der Waals surface area contributed by atoms with Crippen molar-refractivity contribution < 1.29 is 23.1 Å². The van der Waals surface area contributed by atoms with Crippen molar-refractivity contribution in [2.24, 2.45) is 0 Å². The normalized spacial score (nSPS) is 11.8. The van der Waals surface area contributed by atoms with E-state index in [9.17, 15) is 14.0 Å². The van der Waals surface area contributed by atoms with Crippen molar-refractivity contribution in [3.8, 4) is 22.5 Å². The molecule has 0 radical (unpaired) electrons. The highest BCUT2D eigenvalue weighted by Gasteiger charge is 2.24. The van der Waals surface area contributed by atoms with Gasteiger partial charge in [0.1, 0.15) is 17.2 Å². The Morgan fingerprint density at radius 2 is 1.61 bits per heavy atom. The Morgan fingerprint density at radius 1 is 0.870 bits per heavy atom. The van der Waals surface area contributed by atoms with E-state index < -0.39 is 0 Å². The number of nitrogens with one attached hydrogen (secondary N) is 1. The first kappa shape index (κ1) is 32.6. The molecule has 7 heteroatoms. The Labute approximate surface area is 270 Å². The van der Waals surface area contributed by atoms with Crippen molar-refractivity contribution >= 4 is 28.3 Å². The predicted molar refractivity (Wildman–Crippen MR) is 183 cm³/mol. The molecule has 0 bridgehead atoms. The van der Waals surface area contributed by atoms with Gasteiger partial charge in [-0.3, -0.25) is 9.59 Å². The Bertz CT molecular complexity index is 1790. The number of ether oxygens (including phenoxy) is 1. The monoisotopic (exact) mass is 620 g/mol. The second-order valence-corrected chi connectivity index (χ2v) is 11.3. The number of ketones is 1. The maximum atomic E-state index is 13.8. The van der Waals surface area contributed by atoms with Crippen LogP contribution in [0, 0.1) is 5.82 Å². The molecule has 0 saturated carbocycles. The van der Waals surface area contributed by atoms with Crippen molar-refractivity contribution in [2.75, 3.05) is 24.6 Å². The molecule has 0 fully saturated rings. The maximum absolute atomic E-state index is 13.8. The lowest BCUT2D eigenvalue weighted by atomic mass is 9.95. The number of rotatable bonds is 14. The molecule has 1 amide bonds. The molecular weight excluding hydrogens is 579 g/mol. The molecule has 0 saturated heterocycles. The van der Waals surface area contributed by atoms with Crippen molar-refractivity contribution in [1.82, 2.24) is 5.32 Å². The van der Waals surface area contributed by atoms with Gasteiger partial charge >= 0.3 is 0 Å². The summed E-state index contributed by atoms with van der Waals surface area (Å²) in [7, 11) is 0. The van der Waals surface area contributed by atoms with Crippen molar-refractivity contribution in [3.05, 3.63) is 114 Å². The first-order valence-electron chi connectivity index (χ1n) is 16.0. The minimum Gasteiger partial charge on any atom is -0.455 e. The third-order valence-electron chi connectivity index (χ3n) is 8.31. The van der Waals surface area contributed by atoms with Gasteiger partial charge in [-0.05, 0) is 73.9 Å². The number of carbonyl (C=O) groups excluding carboxylic acids is 2. The fourth-order valence-corrected chi connectivity index (χ4v) is 5.70. The number of hydrogen-bond donors (Lipinski definition) is 1. The molecule has 0 unspecified atom stereocenters. The zero-order valence-corrected chi connectivity index (χ0v) is 26.9. The smallest absolute Gasteiger partial charge is 0.251 e. The quantitative estimate of drug-likeness (QED) is 0.125. The van der Waals surface area contributed by atoms with Gasteiger partial charge in [-0.15, -0.1) is 0 Å². The van der Waals surface area contributed by atoms with Gasteiger partial charge in [0.05, 0.1) is 24.8 Å². The number of anilines is 1. The number of carbonyl (C=O) groups is 2. The summed E-state index contributed by atoms with van der Waals surface area (Å²) in [6.07, 6.45) is 1.02. The molecule has 0 aliphatic carbocycles. The SMILES string of the molecule is CCC(=O)c1c(-c2ccc(F)cc2)oc2cc(N(CC)CC)c(-c3cccc(C(=O)N[C@H](CC)COCc4ccccc4)c3)cc12. The van der Waals surface area contributed by atoms with E-state index in [1.165, 1.54) is 12.1 Å². The van der Waals surface area contributed by atoms with Gasteiger partial charge in [-0.2, -0.15) is 0 Å². The van der Waals surface area contributed by atoms with Gasteiger partial charge in [0.2, 0.25) is 0 Å². The Morgan fingerprint density at radius 3 is 2.28 bits per heavy atom. The standard InChI is InChI=1S/C39H41FN2O4/c1-5-31(25-45-24-26-13-10-9-11-14-26)41-39(44)29-16-12-15-28(21-29)32-22-33-36(23-34(32)42(7-3)8-4)46-38(37(33)35(43)6-2)27-17-19-30(40)20-18-27/h9-23,31H,5-8,24-25H2,1-4H3,(H,41,44)/t31-/m1/s1. The van der Waals surface area contributed by atoms with E-state index in [4.69, 9.17) is 9.15 Å². The number of furan rings is 1. The van der Waals surface area contributed by atoms with Gasteiger partial charge in [0.25, 0.3) is 5.91 Å². The summed E-state index contributed by atoms with van der Waals surface area (Å²) >= 11 is 0. The molecule has 4 aromatic carbocycles. The summed E-state index contributed by atoms with van der Waals surface area (Å²) in [6, 6.07) is 27.3. The number of hydrogen-bond acceptors (Lipinski definition) is 5. The van der Waals surface area contributed by atoms with Gasteiger partial charge < -0.3 is 19.4 Å². The number of Topliss-reactive ketones (excluding diaryl/α,β-unsaturated/α-hetero) is 1. The molecule has 238 valence electrons. The van der Waals surface area contributed by atoms with Crippen LogP contribution in [-0.4, -0.2) is 37.4 Å². The number of benzene rings is 4. The highest BCUT2D eigenvalue weighted by molar-refractivity contribution is 6.13. The molecule has 0 spiro atoms. The van der Waals surface area contributed by atoms with Crippen LogP contribution in [0.15, 0.2) is 95.4 Å². The highest BCUT2D eigenvalue weighted by Crippen LogP contribution is 2.41. The van der Waals surface area contributed by atoms with E-state index in [1.54, 1.807) is 12.1 Å². The number of halogens is 1. The van der Waals surface area contributed by atoms with Gasteiger partial charge in [-0.25, -0.2) is 4.39 Å². The van der Waals surface area contributed by atoms with Crippen LogP contribution in [0.5, 0.6) is 0 Å². The van der Waals surface area contributed by atoms with Crippen LogP contribution >= 0.6 is 0 Å². The second kappa shape index (κ2) is 15.0. The van der Waals surface area contributed by atoms with Crippen LogP contribution in [0.25, 0.3) is 33.4 Å². The third-order valence-corrected chi connectivity index (χ3v) is 8.31.